The fourth-order valence-corrected chi connectivity index (χ4v) is 2.44. The monoisotopic (exact) mass is 328 g/mol. The number of ether oxygens (including phenoxy) is 2. The van der Waals surface area contributed by atoms with Crippen molar-refractivity contribution in [3.05, 3.63) is 57.3 Å². The minimum atomic E-state index is -0.461. The molecular weight excluding hydrogens is 312 g/mol. The lowest BCUT2D eigenvalue weighted by atomic mass is 10.0. The molecule has 0 saturated carbocycles. The molecule has 23 heavy (non-hydrogen) atoms. The van der Waals surface area contributed by atoms with Crippen LogP contribution < -0.4 is 0 Å². The third-order valence-corrected chi connectivity index (χ3v) is 3.57. The van der Waals surface area contributed by atoms with E-state index in [0.717, 1.165) is 5.56 Å². The van der Waals surface area contributed by atoms with Gasteiger partial charge in [0.25, 0.3) is 0 Å². The number of benzene rings is 1. The summed E-state index contributed by atoms with van der Waals surface area (Å²) < 4.78 is 10.0. The van der Waals surface area contributed by atoms with E-state index >= 15 is 0 Å². The van der Waals surface area contributed by atoms with Gasteiger partial charge >= 0.3 is 11.9 Å². The molecule has 118 valence electrons. The van der Waals surface area contributed by atoms with Crippen molar-refractivity contribution in [1.29, 1.82) is 0 Å². The van der Waals surface area contributed by atoms with Gasteiger partial charge in [0.2, 0.25) is 0 Å². The average molecular weight is 328 g/mol. The Kier molecular flexibility index (Phi) is 5.95. The Bertz CT molecular complexity index is 751. The molecule has 0 amide bonds. The van der Waals surface area contributed by atoms with Gasteiger partial charge in [-0.3, -0.25) is 0 Å². The third-order valence-electron chi connectivity index (χ3n) is 2.89. The number of esters is 2. The molecule has 0 radical (unpaired) electrons. The van der Waals surface area contributed by atoms with E-state index in [1.165, 1.54) is 11.3 Å². The zero-order valence-corrected chi connectivity index (χ0v) is 13.7. The second-order valence-electron chi connectivity index (χ2n) is 4.46. The fraction of sp³-hybridized carbons (Fsp3) is 0.222. The van der Waals surface area contributed by atoms with Crippen LogP contribution in [0.4, 0.5) is 0 Å². The first-order valence-corrected chi connectivity index (χ1v) is 8.12. The fourth-order valence-electron chi connectivity index (χ4n) is 1.85. The van der Waals surface area contributed by atoms with E-state index in [2.05, 4.69) is 11.8 Å². The van der Waals surface area contributed by atoms with Crippen molar-refractivity contribution in [1.82, 2.24) is 0 Å². The highest BCUT2D eigenvalue weighted by molar-refractivity contribution is 7.08. The summed E-state index contributed by atoms with van der Waals surface area (Å²) in [4.78, 5) is 23.9. The SMILES string of the molecule is CCOC(=O)c1ccc(C(=O)OCC)c(C#Cc2ccsc2)c1. The predicted molar refractivity (Wildman–Crippen MR) is 88.7 cm³/mol. The Balaban J connectivity index is 2.42. The molecule has 0 saturated heterocycles. The van der Waals surface area contributed by atoms with Crippen LogP contribution in [0.15, 0.2) is 35.0 Å². The number of hydrogen-bond acceptors (Lipinski definition) is 5. The predicted octanol–water partition coefficient (Wildman–Crippen LogP) is 3.50. The van der Waals surface area contributed by atoms with Gasteiger partial charge in [0.05, 0.1) is 24.3 Å². The Hall–Kier alpha value is -2.58. The molecule has 1 aromatic heterocycles. The van der Waals surface area contributed by atoms with Crippen molar-refractivity contribution in [3.63, 3.8) is 0 Å². The van der Waals surface area contributed by atoms with E-state index in [4.69, 9.17) is 9.47 Å². The zero-order valence-electron chi connectivity index (χ0n) is 12.9. The summed E-state index contributed by atoms with van der Waals surface area (Å²) in [6, 6.07) is 6.53. The molecule has 0 aliphatic heterocycles. The van der Waals surface area contributed by atoms with Crippen LogP contribution in [0, 0.1) is 11.8 Å². The highest BCUT2D eigenvalue weighted by Crippen LogP contribution is 2.15. The smallest absolute Gasteiger partial charge is 0.339 e. The summed E-state index contributed by atoms with van der Waals surface area (Å²) in [5, 5.41) is 3.83. The maximum absolute atomic E-state index is 12.0. The van der Waals surface area contributed by atoms with Gasteiger partial charge in [-0.1, -0.05) is 11.8 Å². The highest BCUT2D eigenvalue weighted by atomic mass is 32.1. The van der Waals surface area contributed by atoms with Gasteiger partial charge in [-0.2, -0.15) is 11.3 Å². The van der Waals surface area contributed by atoms with Crippen LogP contribution in [0.2, 0.25) is 0 Å². The first-order chi connectivity index (χ1) is 11.2. The maximum atomic E-state index is 12.0. The van der Waals surface area contributed by atoms with Crippen molar-refractivity contribution in [2.75, 3.05) is 13.2 Å². The Morgan fingerprint density at radius 1 is 1.04 bits per heavy atom. The van der Waals surface area contributed by atoms with Crippen LogP contribution in [0.5, 0.6) is 0 Å². The average Bonchev–Trinajstić information content (AvgIpc) is 3.06. The van der Waals surface area contributed by atoms with Crippen LogP contribution in [0.25, 0.3) is 0 Å². The first-order valence-electron chi connectivity index (χ1n) is 7.18. The standard InChI is InChI=1S/C18H16O4S/c1-3-21-17(19)15-7-8-16(18(20)22-4-2)14(11-15)6-5-13-9-10-23-12-13/h7-12H,3-4H2,1-2H3. The van der Waals surface area contributed by atoms with Gasteiger partial charge < -0.3 is 9.47 Å². The molecule has 4 nitrogen and oxygen atoms in total. The second-order valence-corrected chi connectivity index (χ2v) is 5.24. The number of rotatable bonds is 4. The number of carbonyl (C=O) groups is 2. The van der Waals surface area contributed by atoms with Crippen molar-refractivity contribution < 1.29 is 19.1 Å². The maximum Gasteiger partial charge on any atom is 0.339 e. The molecule has 2 aromatic rings. The van der Waals surface area contributed by atoms with E-state index in [9.17, 15) is 9.59 Å². The van der Waals surface area contributed by atoms with Gasteiger partial charge in [-0.05, 0) is 43.5 Å². The summed E-state index contributed by atoms with van der Waals surface area (Å²) in [5.74, 6) is 5.01. The van der Waals surface area contributed by atoms with Crippen molar-refractivity contribution >= 4 is 23.3 Å². The molecule has 0 N–H and O–H groups in total. The van der Waals surface area contributed by atoms with Gasteiger partial charge in [-0.25, -0.2) is 9.59 Å². The van der Waals surface area contributed by atoms with Gasteiger partial charge in [0.1, 0.15) is 0 Å². The second kappa shape index (κ2) is 8.16. The van der Waals surface area contributed by atoms with Crippen LogP contribution in [0.3, 0.4) is 0 Å². The van der Waals surface area contributed by atoms with Gasteiger partial charge in [-0.15, -0.1) is 0 Å². The number of hydrogen-bond donors (Lipinski definition) is 0. The molecule has 0 fully saturated rings. The number of thiophene rings is 1. The summed E-state index contributed by atoms with van der Waals surface area (Å²) in [7, 11) is 0. The molecule has 1 aromatic carbocycles. The van der Waals surface area contributed by atoms with E-state index in [1.54, 1.807) is 32.0 Å². The lowest BCUT2D eigenvalue weighted by molar-refractivity contribution is 0.0511. The van der Waals surface area contributed by atoms with Crippen molar-refractivity contribution in [2.45, 2.75) is 13.8 Å². The van der Waals surface area contributed by atoms with Crippen molar-refractivity contribution in [3.8, 4) is 11.8 Å². The lowest BCUT2D eigenvalue weighted by Gasteiger charge is -2.07. The molecule has 0 aliphatic carbocycles. The molecule has 0 unspecified atom stereocenters. The van der Waals surface area contributed by atoms with Crippen LogP contribution >= 0.6 is 11.3 Å². The van der Waals surface area contributed by atoms with E-state index in [-0.39, 0.29) is 13.2 Å². The molecule has 1 heterocycles. The van der Waals surface area contributed by atoms with Gasteiger partial charge in [0, 0.05) is 16.5 Å². The summed E-state index contributed by atoms with van der Waals surface area (Å²) in [6.45, 7) is 4.04. The van der Waals surface area contributed by atoms with Crippen LogP contribution in [-0.2, 0) is 9.47 Å². The largest absolute Gasteiger partial charge is 0.462 e. The summed E-state index contributed by atoms with van der Waals surface area (Å²) >= 11 is 1.54. The minimum absolute atomic E-state index is 0.274. The molecular formula is C18H16O4S. The molecule has 0 atom stereocenters. The van der Waals surface area contributed by atoms with E-state index in [0.29, 0.717) is 16.7 Å². The molecule has 0 bridgehead atoms. The molecule has 5 heteroatoms. The minimum Gasteiger partial charge on any atom is -0.462 e. The normalized spacial score (nSPS) is 9.65. The summed E-state index contributed by atoms with van der Waals surface area (Å²) in [6.07, 6.45) is 0. The number of carbonyl (C=O) groups excluding carboxylic acids is 2. The lowest BCUT2D eigenvalue weighted by Crippen LogP contribution is -2.10. The van der Waals surface area contributed by atoms with Crippen molar-refractivity contribution in [2.24, 2.45) is 0 Å². The zero-order chi connectivity index (χ0) is 16.7. The highest BCUT2D eigenvalue weighted by Gasteiger charge is 2.15. The van der Waals surface area contributed by atoms with Crippen LogP contribution in [0.1, 0.15) is 45.7 Å². The quantitative estimate of drug-likeness (QED) is 0.637. The van der Waals surface area contributed by atoms with Gasteiger partial charge in [0.15, 0.2) is 0 Å². The Labute approximate surface area is 139 Å². The third kappa shape index (κ3) is 4.44. The van der Waals surface area contributed by atoms with E-state index < -0.39 is 11.9 Å². The van der Waals surface area contributed by atoms with Crippen LogP contribution in [-0.4, -0.2) is 25.2 Å². The first kappa shape index (κ1) is 16.8. The Morgan fingerprint density at radius 3 is 2.43 bits per heavy atom. The molecule has 2 rings (SSSR count). The molecule has 0 aliphatic rings. The Morgan fingerprint density at radius 2 is 1.78 bits per heavy atom. The topological polar surface area (TPSA) is 52.6 Å². The summed E-state index contributed by atoms with van der Waals surface area (Å²) in [5.41, 5.74) is 1.99. The van der Waals surface area contributed by atoms with E-state index in [1.807, 2.05) is 16.8 Å². The molecule has 0 spiro atoms.